The number of aryl methyl sites for hydroxylation is 2. The Morgan fingerprint density at radius 3 is 2.85 bits per heavy atom. The topological polar surface area (TPSA) is 69.9 Å². The first-order valence-electron chi connectivity index (χ1n) is 6.17. The molecule has 2 aromatic heterocycles. The average Bonchev–Trinajstić information content (AvgIpc) is 2.75. The lowest BCUT2D eigenvalue weighted by atomic mass is 10.1. The highest BCUT2D eigenvalue weighted by Gasteiger charge is 2.18. The SMILES string of the molecule is CCn1nc(C)c(Br)c1CC(=O)c1cc(OC)ncn1. The molecule has 20 heavy (non-hydrogen) atoms. The fourth-order valence-corrected chi connectivity index (χ4v) is 2.31. The lowest BCUT2D eigenvalue weighted by molar-refractivity contribution is 0.0985. The number of hydrogen-bond acceptors (Lipinski definition) is 5. The molecule has 0 aliphatic heterocycles. The number of carbonyl (C=O) groups excluding carboxylic acids is 1. The Hall–Kier alpha value is -1.76. The number of ether oxygens (including phenoxy) is 1. The Morgan fingerprint density at radius 2 is 2.20 bits per heavy atom. The maximum Gasteiger partial charge on any atom is 0.216 e. The molecule has 0 N–H and O–H groups in total. The van der Waals surface area contributed by atoms with E-state index in [1.165, 1.54) is 19.5 Å². The number of carbonyl (C=O) groups is 1. The van der Waals surface area contributed by atoms with Crippen molar-refractivity contribution < 1.29 is 9.53 Å². The number of ketones is 1. The molecule has 2 rings (SSSR count). The Labute approximate surface area is 125 Å². The smallest absolute Gasteiger partial charge is 0.216 e. The molecule has 0 atom stereocenters. The van der Waals surface area contributed by atoms with E-state index >= 15 is 0 Å². The standard InChI is InChI=1S/C13H15BrN4O2/c1-4-18-10(13(14)8(2)17-18)6-11(19)9-5-12(20-3)16-7-15-9/h5,7H,4,6H2,1-3H3. The molecule has 106 valence electrons. The number of hydrogen-bond donors (Lipinski definition) is 0. The van der Waals surface area contributed by atoms with E-state index in [2.05, 4.69) is 31.0 Å². The molecule has 7 heteroatoms. The molecule has 0 unspecified atom stereocenters. The minimum atomic E-state index is -0.0963. The summed E-state index contributed by atoms with van der Waals surface area (Å²) in [7, 11) is 1.50. The lowest BCUT2D eigenvalue weighted by Gasteiger charge is -2.05. The van der Waals surface area contributed by atoms with Gasteiger partial charge in [-0.25, -0.2) is 9.97 Å². The highest BCUT2D eigenvalue weighted by molar-refractivity contribution is 9.10. The Kier molecular flexibility index (Phi) is 4.49. The van der Waals surface area contributed by atoms with Gasteiger partial charge in [-0.15, -0.1) is 0 Å². The first-order chi connectivity index (χ1) is 9.56. The molecule has 0 saturated heterocycles. The summed E-state index contributed by atoms with van der Waals surface area (Å²) in [6.07, 6.45) is 1.55. The number of methoxy groups -OCH3 is 1. The quantitative estimate of drug-likeness (QED) is 0.781. The van der Waals surface area contributed by atoms with Crippen molar-refractivity contribution in [1.82, 2.24) is 19.7 Å². The van der Waals surface area contributed by atoms with Gasteiger partial charge in [-0.1, -0.05) is 0 Å². The minimum absolute atomic E-state index is 0.0963. The number of rotatable bonds is 5. The third-order valence-electron chi connectivity index (χ3n) is 2.92. The Bertz CT molecular complexity index is 639. The van der Waals surface area contributed by atoms with E-state index in [-0.39, 0.29) is 12.2 Å². The number of Topliss-reactive ketones (excluding diaryl/α,β-unsaturated/α-hetero) is 1. The van der Waals surface area contributed by atoms with Gasteiger partial charge in [0.2, 0.25) is 5.88 Å². The second-order valence-corrected chi connectivity index (χ2v) is 5.00. The van der Waals surface area contributed by atoms with Crippen LogP contribution >= 0.6 is 15.9 Å². The van der Waals surface area contributed by atoms with Crippen molar-refractivity contribution in [2.75, 3.05) is 7.11 Å². The fraction of sp³-hybridized carbons (Fsp3) is 0.385. The van der Waals surface area contributed by atoms with Crippen molar-refractivity contribution in [2.24, 2.45) is 0 Å². The first-order valence-corrected chi connectivity index (χ1v) is 6.97. The molecule has 0 bridgehead atoms. The van der Waals surface area contributed by atoms with Gasteiger partial charge in [-0.3, -0.25) is 9.48 Å². The van der Waals surface area contributed by atoms with E-state index in [4.69, 9.17) is 4.74 Å². The number of nitrogens with zero attached hydrogens (tertiary/aromatic N) is 4. The average molecular weight is 339 g/mol. The van der Waals surface area contributed by atoms with E-state index in [0.29, 0.717) is 18.1 Å². The molecule has 6 nitrogen and oxygen atoms in total. The van der Waals surface area contributed by atoms with Gasteiger partial charge in [-0.2, -0.15) is 5.10 Å². The third-order valence-corrected chi connectivity index (χ3v) is 3.95. The van der Waals surface area contributed by atoms with Crippen LogP contribution in [-0.2, 0) is 13.0 Å². The summed E-state index contributed by atoms with van der Waals surface area (Å²) in [5, 5.41) is 4.37. The largest absolute Gasteiger partial charge is 0.481 e. The minimum Gasteiger partial charge on any atom is -0.481 e. The number of aromatic nitrogens is 4. The molecule has 0 amide bonds. The number of halogens is 1. The molecule has 0 saturated carbocycles. The summed E-state index contributed by atoms with van der Waals surface area (Å²) < 4.78 is 7.68. The van der Waals surface area contributed by atoms with Gasteiger partial charge in [0, 0.05) is 12.6 Å². The van der Waals surface area contributed by atoms with Crippen LogP contribution < -0.4 is 4.74 Å². The van der Waals surface area contributed by atoms with Gasteiger partial charge in [-0.05, 0) is 29.8 Å². The van der Waals surface area contributed by atoms with Crippen molar-refractivity contribution >= 4 is 21.7 Å². The van der Waals surface area contributed by atoms with Gasteiger partial charge in [0.1, 0.15) is 12.0 Å². The van der Waals surface area contributed by atoms with Gasteiger partial charge >= 0.3 is 0 Å². The van der Waals surface area contributed by atoms with Gasteiger partial charge in [0.15, 0.2) is 5.78 Å². The van der Waals surface area contributed by atoms with E-state index < -0.39 is 0 Å². The maximum absolute atomic E-state index is 12.3. The lowest BCUT2D eigenvalue weighted by Crippen LogP contribution is -2.11. The summed E-state index contributed by atoms with van der Waals surface area (Å²) >= 11 is 3.48. The monoisotopic (exact) mass is 338 g/mol. The van der Waals surface area contributed by atoms with Crippen LogP contribution in [0.5, 0.6) is 5.88 Å². The normalized spacial score (nSPS) is 10.6. The van der Waals surface area contributed by atoms with Crippen LogP contribution in [0.2, 0.25) is 0 Å². The summed E-state index contributed by atoms with van der Waals surface area (Å²) in [4.78, 5) is 20.2. The second kappa shape index (κ2) is 6.13. The van der Waals surface area contributed by atoms with Crippen LogP contribution in [0.25, 0.3) is 0 Å². The highest BCUT2D eigenvalue weighted by atomic mass is 79.9. The molecule has 0 aliphatic carbocycles. The molecule has 0 aromatic carbocycles. The van der Waals surface area contributed by atoms with Crippen molar-refractivity contribution in [2.45, 2.75) is 26.8 Å². The first kappa shape index (κ1) is 14.6. The molecule has 2 heterocycles. The van der Waals surface area contributed by atoms with Crippen LogP contribution in [0.3, 0.4) is 0 Å². The van der Waals surface area contributed by atoms with E-state index in [1.54, 1.807) is 0 Å². The van der Waals surface area contributed by atoms with E-state index in [0.717, 1.165) is 15.9 Å². The molecule has 0 radical (unpaired) electrons. The fourth-order valence-electron chi connectivity index (χ4n) is 1.88. The van der Waals surface area contributed by atoms with Crippen LogP contribution in [0.4, 0.5) is 0 Å². The zero-order chi connectivity index (χ0) is 14.7. The van der Waals surface area contributed by atoms with Gasteiger partial charge < -0.3 is 4.74 Å². The van der Waals surface area contributed by atoms with Crippen molar-refractivity contribution in [3.63, 3.8) is 0 Å². The zero-order valence-corrected chi connectivity index (χ0v) is 13.1. The zero-order valence-electron chi connectivity index (χ0n) is 11.6. The molecule has 0 aliphatic rings. The van der Waals surface area contributed by atoms with Gasteiger partial charge in [0.25, 0.3) is 0 Å². The maximum atomic E-state index is 12.3. The second-order valence-electron chi connectivity index (χ2n) is 4.21. The summed E-state index contributed by atoms with van der Waals surface area (Å²) in [5.74, 6) is 0.281. The predicted molar refractivity (Wildman–Crippen MR) is 77.0 cm³/mol. The third kappa shape index (κ3) is 2.87. The van der Waals surface area contributed by atoms with Crippen LogP contribution in [0.15, 0.2) is 16.9 Å². The van der Waals surface area contributed by atoms with Crippen LogP contribution in [0, 0.1) is 6.92 Å². The van der Waals surface area contributed by atoms with Crippen molar-refractivity contribution in [3.05, 3.63) is 33.9 Å². The van der Waals surface area contributed by atoms with E-state index in [1.807, 2.05) is 18.5 Å². The predicted octanol–water partition coefficient (Wildman–Crippen LogP) is 2.20. The summed E-state index contributed by atoms with van der Waals surface area (Å²) in [6, 6.07) is 1.54. The Morgan fingerprint density at radius 1 is 1.45 bits per heavy atom. The summed E-state index contributed by atoms with van der Waals surface area (Å²) in [6.45, 7) is 4.60. The van der Waals surface area contributed by atoms with Crippen LogP contribution in [0.1, 0.15) is 28.8 Å². The molecular weight excluding hydrogens is 324 g/mol. The molecule has 0 spiro atoms. The molecule has 0 fully saturated rings. The van der Waals surface area contributed by atoms with Crippen molar-refractivity contribution in [1.29, 1.82) is 0 Å². The highest BCUT2D eigenvalue weighted by Crippen LogP contribution is 2.22. The van der Waals surface area contributed by atoms with Crippen LogP contribution in [-0.4, -0.2) is 32.6 Å². The van der Waals surface area contributed by atoms with Gasteiger partial charge in [0.05, 0.1) is 29.4 Å². The van der Waals surface area contributed by atoms with Crippen molar-refractivity contribution in [3.8, 4) is 5.88 Å². The molecule has 2 aromatic rings. The Balaban J connectivity index is 2.27. The summed E-state index contributed by atoms with van der Waals surface area (Å²) in [5.41, 5.74) is 2.06. The van der Waals surface area contributed by atoms with E-state index in [9.17, 15) is 4.79 Å². The molecular formula is C13H15BrN4O2.